The van der Waals surface area contributed by atoms with Gasteiger partial charge in [0.1, 0.15) is 11.3 Å². The number of benzene rings is 1. The molecule has 0 spiro atoms. The van der Waals surface area contributed by atoms with Crippen molar-refractivity contribution in [1.82, 2.24) is 4.98 Å². The summed E-state index contributed by atoms with van der Waals surface area (Å²) in [7, 11) is 0. The first kappa shape index (κ1) is 11.0. The van der Waals surface area contributed by atoms with E-state index in [2.05, 4.69) is 4.98 Å². The van der Waals surface area contributed by atoms with Crippen LogP contribution in [-0.4, -0.2) is 21.2 Å². The zero-order valence-corrected chi connectivity index (χ0v) is 9.76. The molecule has 0 bridgehead atoms. The molecule has 0 aliphatic heterocycles. The normalized spacial score (nSPS) is 16.7. The Morgan fingerprint density at radius 3 is 2.78 bits per heavy atom. The molecular formula is C14H13NO3. The quantitative estimate of drug-likeness (QED) is 0.868. The van der Waals surface area contributed by atoms with Crippen molar-refractivity contribution in [2.75, 3.05) is 0 Å². The average molecular weight is 243 g/mol. The highest BCUT2D eigenvalue weighted by atomic mass is 16.4. The summed E-state index contributed by atoms with van der Waals surface area (Å²) in [5.74, 6) is -0.641. The van der Waals surface area contributed by atoms with Gasteiger partial charge in [-0.15, -0.1) is 0 Å². The van der Waals surface area contributed by atoms with E-state index in [1.54, 1.807) is 12.3 Å². The van der Waals surface area contributed by atoms with Crippen molar-refractivity contribution in [3.05, 3.63) is 36.0 Å². The van der Waals surface area contributed by atoms with E-state index in [0.717, 1.165) is 23.8 Å². The van der Waals surface area contributed by atoms with Gasteiger partial charge in [0.25, 0.3) is 0 Å². The lowest BCUT2D eigenvalue weighted by Gasteiger charge is -2.16. The lowest BCUT2D eigenvalue weighted by atomic mass is 9.89. The van der Waals surface area contributed by atoms with Crippen LogP contribution in [0, 0.1) is 0 Å². The van der Waals surface area contributed by atoms with Crippen LogP contribution in [0.25, 0.3) is 10.9 Å². The SMILES string of the molecule is O=C(O)CC1(c2ccc(O)c3ncccc23)CC1. The van der Waals surface area contributed by atoms with Gasteiger partial charge in [-0.25, -0.2) is 0 Å². The van der Waals surface area contributed by atoms with Gasteiger partial charge in [-0.3, -0.25) is 9.78 Å². The summed E-state index contributed by atoms with van der Waals surface area (Å²) in [6, 6.07) is 7.13. The monoisotopic (exact) mass is 243 g/mol. The summed E-state index contributed by atoms with van der Waals surface area (Å²) in [4.78, 5) is 15.1. The number of phenols is 1. The molecule has 1 aliphatic rings. The maximum atomic E-state index is 11.0. The molecule has 0 atom stereocenters. The Hall–Kier alpha value is -2.10. The first-order valence-electron chi connectivity index (χ1n) is 5.91. The molecule has 0 saturated heterocycles. The van der Waals surface area contributed by atoms with Gasteiger partial charge >= 0.3 is 5.97 Å². The van der Waals surface area contributed by atoms with Gasteiger partial charge in [0.05, 0.1) is 6.42 Å². The first-order valence-corrected chi connectivity index (χ1v) is 5.91. The topological polar surface area (TPSA) is 70.4 Å². The van der Waals surface area contributed by atoms with Crippen LogP contribution < -0.4 is 0 Å². The summed E-state index contributed by atoms with van der Waals surface area (Å²) in [5, 5.41) is 19.7. The number of aliphatic carboxylic acids is 1. The number of carboxylic acid groups (broad SMARTS) is 1. The van der Waals surface area contributed by atoms with E-state index < -0.39 is 5.97 Å². The van der Waals surface area contributed by atoms with E-state index in [1.165, 1.54) is 0 Å². The zero-order chi connectivity index (χ0) is 12.8. The Labute approximate surface area is 104 Å². The molecule has 1 saturated carbocycles. The summed E-state index contributed by atoms with van der Waals surface area (Å²) >= 11 is 0. The van der Waals surface area contributed by atoms with E-state index in [-0.39, 0.29) is 17.6 Å². The molecule has 3 rings (SSSR count). The van der Waals surface area contributed by atoms with E-state index in [4.69, 9.17) is 5.11 Å². The highest BCUT2D eigenvalue weighted by Gasteiger charge is 2.46. The Kier molecular flexibility index (Phi) is 2.26. The summed E-state index contributed by atoms with van der Waals surface area (Å²) in [5.41, 5.74) is 1.28. The maximum absolute atomic E-state index is 11.0. The van der Waals surface area contributed by atoms with Crippen molar-refractivity contribution < 1.29 is 15.0 Å². The van der Waals surface area contributed by atoms with Gasteiger partial charge in [0, 0.05) is 17.0 Å². The predicted octanol–water partition coefficient (Wildman–Crippen LogP) is 2.45. The van der Waals surface area contributed by atoms with Crippen LogP contribution in [0.1, 0.15) is 24.8 Å². The molecule has 18 heavy (non-hydrogen) atoms. The summed E-state index contributed by atoms with van der Waals surface area (Å²) in [6.45, 7) is 0. The lowest BCUT2D eigenvalue weighted by Crippen LogP contribution is -2.13. The third-order valence-electron chi connectivity index (χ3n) is 3.66. The number of aromatic hydroxyl groups is 1. The van der Waals surface area contributed by atoms with Crippen LogP contribution >= 0.6 is 0 Å². The maximum Gasteiger partial charge on any atom is 0.304 e. The van der Waals surface area contributed by atoms with Crippen molar-refractivity contribution in [2.45, 2.75) is 24.7 Å². The molecule has 2 aromatic rings. The number of hydrogen-bond acceptors (Lipinski definition) is 3. The second kappa shape index (κ2) is 3.70. The first-order chi connectivity index (χ1) is 8.62. The van der Waals surface area contributed by atoms with E-state index in [0.29, 0.717) is 5.52 Å². The molecule has 4 heteroatoms. The number of nitrogens with zero attached hydrogens (tertiary/aromatic N) is 1. The number of phenolic OH excluding ortho intramolecular Hbond substituents is 1. The molecule has 0 radical (unpaired) electrons. The van der Waals surface area contributed by atoms with E-state index >= 15 is 0 Å². The van der Waals surface area contributed by atoms with Crippen molar-refractivity contribution in [1.29, 1.82) is 0 Å². The molecule has 1 fully saturated rings. The second-order valence-electron chi connectivity index (χ2n) is 4.88. The number of rotatable bonds is 3. The Morgan fingerprint density at radius 2 is 2.11 bits per heavy atom. The van der Waals surface area contributed by atoms with Crippen molar-refractivity contribution in [3.8, 4) is 5.75 Å². The van der Waals surface area contributed by atoms with Crippen LogP contribution in [0.4, 0.5) is 0 Å². The summed E-state index contributed by atoms with van der Waals surface area (Å²) in [6.07, 6.45) is 3.53. The predicted molar refractivity (Wildman–Crippen MR) is 66.6 cm³/mol. The number of aromatic nitrogens is 1. The molecule has 92 valence electrons. The second-order valence-corrected chi connectivity index (χ2v) is 4.88. The number of carbonyl (C=O) groups is 1. The van der Waals surface area contributed by atoms with Crippen molar-refractivity contribution in [3.63, 3.8) is 0 Å². The summed E-state index contributed by atoms with van der Waals surface area (Å²) < 4.78 is 0. The average Bonchev–Trinajstić information content (AvgIpc) is 3.09. The highest BCUT2D eigenvalue weighted by Crippen LogP contribution is 2.53. The molecule has 1 aromatic heterocycles. The lowest BCUT2D eigenvalue weighted by molar-refractivity contribution is -0.137. The molecule has 4 nitrogen and oxygen atoms in total. The minimum atomic E-state index is -0.780. The number of hydrogen-bond donors (Lipinski definition) is 2. The van der Waals surface area contributed by atoms with Gasteiger partial charge < -0.3 is 10.2 Å². The molecule has 1 aliphatic carbocycles. The fourth-order valence-electron chi connectivity index (χ4n) is 2.60. The zero-order valence-electron chi connectivity index (χ0n) is 9.76. The van der Waals surface area contributed by atoms with Gasteiger partial charge in [-0.2, -0.15) is 0 Å². The standard InChI is InChI=1S/C14H13NO3/c16-11-4-3-10(9-2-1-7-15-13(9)11)14(5-6-14)8-12(17)18/h1-4,7,16H,5-6,8H2,(H,17,18). The number of pyridine rings is 1. The third kappa shape index (κ3) is 1.61. The Balaban J connectivity index is 2.19. The Morgan fingerprint density at radius 1 is 1.33 bits per heavy atom. The van der Waals surface area contributed by atoms with Gasteiger partial charge in [0.15, 0.2) is 0 Å². The van der Waals surface area contributed by atoms with Gasteiger partial charge in [-0.05, 0) is 30.5 Å². The molecule has 1 aromatic carbocycles. The van der Waals surface area contributed by atoms with Crippen LogP contribution in [-0.2, 0) is 10.2 Å². The van der Waals surface area contributed by atoms with Crippen LogP contribution in [0.2, 0.25) is 0 Å². The fraction of sp³-hybridized carbons (Fsp3) is 0.286. The molecule has 0 unspecified atom stereocenters. The third-order valence-corrected chi connectivity index (χ3v) is 3.66. The largest absolute Gasteiger partial charge is 0.506 e. The van der Waals surface area contributed by atoms with Crippen LogP contribution in [0.15, 0.2) is 30.5 Å². The van der Waals surface area contributed by atoms with Crippen molar-refractivity contribution >= 4 is 16.9 Å². The molecular weight excluding hydrogens is 230 g/mol. The van der Waals surface area contributed by atoms with Crippen LogP contribution in [0.3, 0.4) is 0 Å². The van der Waals surface area contributed by atoms with E-state index in [9.17, 15) is 9.90 Å². The fourth-order valence-corrected chi connectivity index (χ4v) is 2.60. The minimum absolute atomic E-state index is 0.139. The molecule has 2 N–H and O–H groups in total. The van der Waals surface area contributed by atoms with E-state index in [1.807, 2.05) is 18.2 Å². The van der Waals surface area contributed by atoms with Crippen LogP contribution in [0.5, 0.6) is 5.75 Å². The number of carboxylic acids is 1. The minimum Gasteiger partial charge on any atom is -0.506 e. The molecule has 1 heterocycles. The highest BCUT2D eigenvalue weighted by molar-refractivity contribution is 5.89. The molecule has 0 amide bonds. The van der Waals surface area contributed by atoms with Gasteiger partial charge in [0.2, 0.25) is 0 Å². The van der Waals surface area contributed by atoms with Gasteiger partial charge in [-0.1, -0.05) is 12.1 Å². The van der Waals surface area contributed by atoms with Crippen molar-refractivity contribution in [2.24, 2.45) is 0 Å². The smallest absolute Gasteiger partial charge is 0.304 e. The number of fused-ring (bicyclic) bond motifs is 1. The Bertz CT molecular complexity index is 632.